The number of ether oxygens (including phenoxy) is 1. The fourth-order valence-electron chi connectivity index (χ4n) is 1.01. The summed E-state index contributed by atoms with van der Waals surface area (Å²) in [7, 11) is 0. The van der Waals surface area contributed by atoms with Crippen molar-refractivity contribution in [3.8, 4) is 0 Å². The van der Waals surface area contributed by atoms with Gasteiger partial charge >= 0.3 is 13.1 Å². The van der Waals surface area contributed by atoms with Crippen molar-refractivity contribution < 1.29 is 31.9 Å². The highest BCUT2D eigenvalue weighted by Crippen LogP contribution is 2.54. The zero-order valence-electron chi connectivity index (χ0n) is 8.91. The molecule has 0 aliphatic heterocycles. The maximum Gasteiger partial charge on any atom is 0.423 e. The second-order valence-electron chi connectivity index (χ2n) is 3.33. The summed E-state index contributed by atoms with van der Waals surface area (Å²) >= 11 is 8.47. The monoisotopic (exact) mass is 316 g/mol. The lowest BCUT2D eigenvalue weighted by atomic mass is 10.2. The maximum absolute atomic E-state index is 12.2. The fourth-order valence-corrected chi connectivity index (χ4v) is 2.69. The Morgan fingerprint density at radius 1 is 1.47 bits per heavy atom. The van der Waals surface area contributed by atoms with Crippen LogP contribution in [0.25, 0.3) is 0 Å². The first-order chi connectivity index (χ1) is 7.47. The predicted octanol–water partition coefficient (Wildman–Crippen LogP) is 3.35. The summed E-state index contributed by atoms with van der Waals surface area (Å²) in [5.74, 6) is 0. The van der Waals surface area contributed by atoms with E-state index in [2.05, 4.69) is 17.2 Å². The Hall–Kier alpha value is 0.540. The van der Waals surface area contributed by atoms with Crippen molar-refractivity contribution in [3.05, 3.63) is 0 Å². The molecule has 0 aromatic heterocycles. The molecule has 0 radical (unpaired) electrons. The van der Waals surface area contributed by atoms with Gasteiger partial charge in [0, 0.05) is 17.8 Å². The van der Waals surface area contributed by atoms with Crippen molar-refractivity contribution in [1.29, 1.82) is 0 Å². The van der Waals surface area contributed by atoms with Crippen LogP contribution in [0.2, 0.25) is 0 Å². The molecule has 0 rings (SSSR count). The van der Waals surface area contributed by atoms with Crippen LogP contribution < -0.4 is 0 Å². The minimum absolute atomic E-state index is 0.182. The second-order valence-corrected chi connectivity index (χ2v) is 6.52. The first-order valence-electron chi connectivity index (χ1n) is 4.57. The van der Waals surface area contributed by atoms with Gasteiger partial charge in [-0.3, -0.25) is 4.52 Å². The quantitative estimate of drug-likeness (QED) is 0.327. The van der Waals surface area contributed by atoms with Crippen LogP contribution in [0.15, 0.2) is 0 Å². The van der Waals surface area contributed by atoms with Crippen molar-refractivity contribution in [3.63, 3.8) is 0 Å². The van der Waals surface area contributed by atoms with Crippen molar-refractivity contribution in [2.45, 2.75) is 30.9 Å². The SMILES string of the molecule is CCCOCC(S)(CC(F)(F)F)OP(=O)(O)Cl. The highest BCUT2D eigenvalue weighted by atomic mass is 35.7. The van der Waals surface area contributed by atoms with Gasteiger partial charge in [-0.05, 0) is 6.42 Å². The molecular formula is C7H13ClF3O4PS. The number of hydrogen-bond acceptors (Lipinski definition) is 4. The molecule has 0 bridgehead atoms. The fraction of sp³-hybridized carbons (Fsp3) is 1.00. The minimum atomic E-state index is -4.62. The summed E-state index contributed by atoms with van der Waals surface area (Å²) in [5.41, 5.74) is 0. The molecule has 1 N–H and O–H groups in total. The lowest BCUT2D eigenvalue weighted by Crippen LogP contribution is -2.36. The van der Waals surface area contributed by atoms with Gasteiger partial charge in [0.1, 0.15) is 0 Å². The Morgan fingerprint density at radius 3 is 2.35 bits per heavy atom. The molecule has 0 amide bonds. The Labute approximate surface area is 107 Å². The molecule has 0 saturated heterocycles. The van der Waals surface area contributed by atoms with Crippen LogP contribution in [0.4, 0.5) is 13.2 Å². The van der Waals surface area contributed by atoms with E-state index < -0.39 is 31.1 Å². The minimum Gasteiger partial charge on any atom is -0.378 e. The number of rotatable bonds is 7. The van der Waals surface area contributed by atoms with Crippen LogP contribution in [-0.2, 0) is 13.8 Å². The molecule has 4 nitrogen and oxygen atoms in total. The molecule has 0 aromatic carbocycles. The molecule has 0 aliphatic rings. The Bertz CT molecular complexity index is 285. The third-order valence-electron chi connectivity index (χ3n) is 1.44. The van der Waals surface area contributed by atoms with Gasteiger partial charge in [0.25, 0.3) is 0 Å². The van der Waals surface area contributed by atoms with E-state index in [9.17, 15) is 17.7 Å². The van der Waals surface area contributed by atoms with E-state index in [1.165, 1.54) is 0 Å². The van der Waals surface area contributed by atoms with Crippen LogP contribution in [0.1, 0.15) is 19.8 Å². The second kappa shape index (κ2) is 6.63. The first kappa shape index (κ1) is 17.5. The third kappa shape index (κ3) is 10.2. The van der Waals surface area contributed by atoms with Crippen LogP contribution in [0, 0.1) is 0 Å². The van der Waals surface area contributed by atoms with E-state index in [1.54, 1.807) is 6.92 Å². The number of alkyl halides is 3. The largest absolute Gasteiger partial charge is 0.423 e. The summed E-state index contributed by atoms with van der Waals surface area (Å²) in [5, 5.41) is 0. The summed E-state index contributed by atoms with van der Waals surface area (Å²) in [4.78, 5) is 6.46. The van der Waals surface area contributed by atoms with Crippen LogP contribution >= 0.6 is 30.8 Å². The van der Waals surface area contributed by atoms with Gasteiger partial charge in [-0.25, -0.2) is 4.57 Å². The molecule has 0 heterocycles. The van der Waals surface area contributed by atoms with E-state index in [0.717, 1.165) is 0 Å². The van der Waals surface area contributed by atoms with E-state index in [0.29, 0.717) is 6.42 Å². The molecule has 0 spiro atoms. The molecule has 10 heteroatoms. The smallest absolute Gasteiger partial charge is 0.378 e. The Morgan fingerprint density at radius 2 is 2.00 bits per heavy atom. The summed E-state index contributed by atoms with van der Waals surface area (Å²) in [6.07, 6.45) is -5.60. The van der Waals surface area contributed by atoms with Gasteiger partial charge < -0.3 is 9.63 Å². The van der Waals surface area contributed by atoms with Gasteiger partial charge in [-0.15, -0.1) is 12.6 Å². The Balaban J connectivity index is 4.63. The molecule has 0 saturated carbocycles. The standard InChI is InChI=1S/C7H13ClF3O4PS/c1-2-3-14-5-6(17,4-7(9,10)11)15-16(8,12)13/h17H,2-5H2,1H3,(H,12,13). The van der Waals surface area contributed by atoms with E-state index in [-0.39, 0.29) is 6.61 Å². The van der Waals surface area contributed by atoms with Gasteiger partial charge in [0.15, 0.2) is 4.93 Å². The van der Waals surface area contributed by atoms with E-state index in [4.69, 9.17) is 20.9 Å². The topological polar surface area (TPSA) is 55.8 Å². The predicted molar refractivity (Wildman–Crippen MR) is 60.3 cm³/mol. The molecule has 104 valence electrons. The van der Waals surface area contributed by atoms with Crippen molar-refractivity contribution in [1.82, 2.24) is 0 Å². The zero-order valence-corrected chi connectivity index (χ0v) is 11.5. The summed E-state index contributed by atoms with van der Waals surface area (Å²) in [6, 6.07) is 0. The maximum atomic E-state index is 12.2. The molecule has 2 unspecified atom stereocenters. The average Bonchev–Trinajstić information content (AvgIpc) is 1.96. The average molecular weight is 317 g/mol. The first-order valence-corrected chi connectivity index (χ1v) is 7.50. The van der Waals surface area contributed by atoms with Crippen LogP contribution in [-0.4, -0.2) is 29.2 Å². The lowest BCUT2D eigenvalue weighted by Gasteiger charge is -2.29. The molecule has 2 atom stereocenters. The number of thiol groups is 1. The number of halogens is 4. The normalized spacial score (nSPS) is 19.7. The lowest BCUT2D eigenvalue weighted by molar-refractivity contribution is -0.162. The molecule has 0 fully saturated rings. The highest BCUT2D eigenvalue weighted by Gasteiger charge is 2.45. The molecule has 17 heavy (non-hydrogen) atoms. The van der Waals surface area contributed by atoms with Crippen molar-refractivity contribution >= 4 is 30.8 Å². The van der Waals surface area contributed by atoms with Crippen molar-refractivity contribution in [2.75, 3.05) is 13.2 Å². The van der Waals surface area contributed by atoms with Gasteiger partial charge in [0.05, 0.1) is 13.0 Å². The van der Waals surface area contributed by atoms with Gasteiger partial charge in [-0.1, -0.05) is 6.92 Å². The highest BCUT2D eigenvalue weighted by molar-refractivity contribution is 7.84. The molecule has 0 aromatic rings. The van der Waals surface area contributed by atoms with Crippen LogP contribution in [0.3, 0.4) is 0 Å². The van der Waals surface area contributed by atoms with E-state index in [1.807, 2.05) is 0 Å². The Kier molecular flexibility index (Phi) is 6.84. The van der Waals surface area contributed by atoms with Crippen LogP contribution in [0.5, 0.6) is 0 Å². The third-order valence-corrected chi connectivity index (χ3v) is 2.74. The number of hydrogen-bond donors (Lipinski definition) is 2. The zero-order chi connectivity index (χ0) is 13.7. The summed E-state index contributed by atoms with van der Waals surface area (Å²) in [6.45, 7) is -3.27. The van der Waals surface area contributed by atoms with E-state index >= 15 is 0 Å². The van der Waals surface area contributed by atoms with Gasteiger partial charge in [-0.2, -0.15) is 13.2 Å². The van der Waals surface area contributed by atoms with Gasteiger partial charge in [0.2, 0.25) is 0 Å². The molecule has 0 aliphatic carbocycles. The summed E-state index contributed by atoms with van der Waals surface area (Å²) < 4.78 is 56.6. The van der Waals surface area contributed by atoms with Crippen molar-refractivity contribution in [2.24, 2.45) is 0 Å². The molecular weight excluding hydrogens is 304 g/mol.